The minimum absolute atomic E-state index is 0.0673. The average Bonchev–Trinajstić information content (AvgIpc) is 3.09. The number of rotatable bonds is 5. The molecule has 0 radical (unpaired) electrons. The van der Waals surface area contributed by atoms with Crippen molar-refractivity contribution in [2.45, 2.75) is 51.6 Å². The molecular formula is C25H35N3O4. The summed E-state index contributed by atoms with van der Waals surface area (Å²) in [5.74, 6) is 0.738. The van der Waals surface area contributed by atoms with Gasteiger partial charge in [-0.2, -0.15) is 0 Å². The van der Waals surface area contributed by atoms with Crippen molar-refractivity contribution in [3.63, 3.8) is 0 Å². The molecule has 1 atom stereocenters. The first kappa shape index (κ1) is 22.8. The van der Waals surface area contributed by atoms with E-state index in [1.54, 1.807) is 0 Å². The molecular weight excluding hydrogens is 406 g/mol. The predicted octanol–water partition coefficient (Wildman–Crippen LogP) is 2.43. The van der Waals surface area contributed by atoms with E-state index in [4.69, 9.17) is 4.74 Å². The van der Waals surface area contributed by atoms with E-state index >= 15 is 0 Å². The van der Waals surface area contributed by atoms with Crippen molar-refractivity contribution in [1.29, 1.82) is 0 Å². The Bertz CT molecular complexity index is 918. The van der Waals surface area contributed by atoms with Gasteiger partial charge < -0.3 is 19.4 Å². The van der Waals surface area contributed by atoms with Crippen molar-refractivity contribution in [3.8, 4) is 5.75 Å². The molecule has 1 aromatic carbocycles. The van der Waals surface area contributed by atoms with Gasteiger partial charge in [0.1, 0.15) is 11.4 Å². The summed E-state index contributed by atoms with van der Waals surface area (Å²) in [5, 5.41) is 0. The van der Waals surface area contributed by atoms with Crippen LogP contribution in [0.15, 0.2) is 12.1 Å². The zero-order valence-corrected chi connectivity index (χ0v) is 19.8. The predicted molar refractivity (Wildman–Crippen MR) is 122 cm³/mol. The summed E-state index contributed by atoms with van der Waals surface area (Å²) in [6, 6.07) is 3.96. The van der Waals surface area contributed by atoms with E-state index in [0.717, 1.165) is 24.1 Å². The number of likely N-dealkylation sites (tertiary alicyclic amines) is 2. The minimum Gasteiger partial charge on any atom is -0.486 e. The largest absolute Gasteiger partial charge is 0.486 e. The van der Waals surface area contributed by atoms with Gasteiger partial charge in [0.2, 0.25) is 11.8 Å². The molecule has 7 heteroatoms. The van der Waals surface area contributed by atoms with E-state index < -0.39 is 5.60 Å². The topological polar surface area (TPSA) is 70.2 Å². The smallest absolute Gasteiger partial charge is 0.227 e. The molecule has 32 heavy (non-hydrogen) atoms. The number of benzene rings is 1. The Morgan fingerprint density at radius 2 is 1.91 bits per heavy atom. The Kier molecular flexibility index (Phi) is 6.30. The lowest BCUT2D eigenvalue weighted by Gasteiger charge is -2.44. The summed E-state index contributed by atoms with van der Waals surface area (Å²) in [5.41, 5.74) is 2.22. The van der Waals surface area contributed by atoms with E-state index in [2.05, 4.69) is 4.90 Å². The highest BCUT2D eigenvalue weighted by atomic mass is 16.5. The fourth-order valence-electron chi connectivity index (χ4n) is 5.34. The number of carbonyl (C=O) groups is 3. The third-order valence-electron chi connectivity index (χ3n) is 7.10. The van der Waals surface area contributed by atoms with Crippen molar-refractivity contribution in [2.75, 3.05) is 46.8 Å². The molecule has 0 aromatic heterocycles. The van der Waals surface area contributed by atoms with Gasteiger partial charge in [0, 0.05) is 45.4 Å². The van der Waals surface area contributed by atoms with Crippen LogP contribution in [0.25, 0.3) is 0 Å². The van der Waals surface area contributed by atoms with Crippen LogP contribution in [-0.4, -0.2) is 84.7 Å². The lowest BCUT2D eigenvalue weighted by atomic mass is 9.81. The molecule has 0 aliphatic carbocycles. The third kappa shape index (κ3) is 4.53. The summed E-state index contributed by atoms with van der Waals surface area (Å²) in [6.07, 6.45) is 2.88. The van der Waals surface area contributed by atoms with Gasteiger partial charge >= 0.3 is 0 Å². The second-order valence-electron chi connectivity index (χ2n) is 10.1. The molecule has 0 N–H and O–H groups in total. The summed E-state index contributed by atoms with van der Waals surface area (Å²) >= 11 is 0. The quantitative estimate of drug-likeness (QED) is 0.702. The number of aryl methyl sites for hydroxylation is 2. The normalized spacial score (nSPS) is 22.5. The fraction of sp³-hybridized carbons (Fsp3) is 0.640. The van der Waals surface area contributed by atoms with Crippen LogP contribution in [0, 0.1) is 19.8 Å². The molecule has 4 rings (SSSR count). The monoisotopic (exact) mass is 441 g/mol. The summed E-state index contributed by atoms with van der Waals surface area (Å²) in [6.45, 7) is 7.27. The third-order valence-corrected chi connectivity index (χ3v) is 7.10. The number of nitrogens with zero attached hydrogens (tertiary/aromatic N) is 3. The van der Waals surface area contributed by atoms with Crippen LogP contribution in [0.4, 0.5) is 0 Å². The number of hydrogen-bond acceptors (Lipinski definition) is 5. The van der Waals surface area contributed by atoms with Gasteiger partial charge in [-0.15, -0.1) is 0 Å². The first-order valence-electron chi connectivity index (χ1n) is 11.7. The van der Waals surface area contributed by atoms with Crippen LogP contribution >= 0.6 is 0 Å². The van der Waals surface area contributed by atoms with Crippen molar-refractivity contribution in [2.24, 2.45) is 5.92 Å². The Morgan fingerprint density at radius 3 is 2.59 bits per heavy atom. The maximum absolute atomic E-state index is 13.1. The summed E-state index contributed by atoms with van der Waals surface area (Å²) in [7, 11) is 4.04. The number of hydrogen-bond donors (Lipinski definition) is 0. The van der Waals surface area contributed by atoms with Gasteiger partial charge in [0.25, 0.3) is 0 Å². The molecule has 3 aliphatic heterocycles. The maximum Gasteiger partial charge on any atom is 0.227 e. The van der Waals surface area contributed by atoms with Crippen LogP contribution in [-0.2, 0) is 9.59 Å². The molecule has 1 aromatic rings. The van der Waals surface area contributed by atoms with E-state index in [9.17, 15) is 14.4 Å². The van der Waals surface area contributed by atoms with Crippen molar-refractivity contribution >= 4 is 17.6 Å². The van der Waals surface area contributed by atoms with Crippen LogP contribution in [0.5, 0.6) is 5.75 Å². The fourth-order valence-corrected chi connectivity index (χ4v) is 5.34. The molecule has 1 unspecified atom stereocenters. The Balaban J connectivity index is 1.35. The lowest BCUT2D eigenvalue weighted by Crippen LogP contribution is -2.53. The SMILES string of the molecule is Cc1cc(C)c2c(c1)C(=O)CC1(CCN(C(=O)C3CC(=O)N(CCCN(C)C)C3)CC1)O2. The Hall–Kier alpha value is -2.41. The number of carbonyl (C=O) groups excluding carboxylic acids is 3. The molecule has 1 spiro atoms. The maximum atomic E-state index is 13.1. The molecule has 3 aliphatic rings. The van der Waals surface area contributed by atoms with E-state index in [0.29, 0.717) is 63.2 Å². The lowest BCUT2D eigenvalue weighted by molar-refractivity contribution is -0.139. The molecule has 2 fully saturated rings. The highest BCUT2D eigenvalue weighted by Crippen LogP contribution is 2.41. The van der Waals surface area contributed by atoms with Crippen molar-refractivity contribution in [1.82, 2.24) is 14.7 Å². The molecule has 7 nitrogen and oxygen atoms in total. The van der Waals surface area contributed by atoms with Crippen LogP contribution in [0.3, 0.4) is 0 Å². The van der Waals surface area contributed by atoms with Crippen LogP contribution < -0.4 is 4.74 Å². The number of amides is 2. The van der Waals surface area contributed by atoms with Crippen molar-refractivity contribution in [3.05, 3.63) is 28.8 Å². The highest BCUT2D eigenvalue weighted by Gasteiger charge is 2.45. The minimum atomic E-state index is -0.523. The van der Waals surface area contributed by atoms with E-state index in [1.807, 2.05) is 49.9 Å². The second kappa shape index (κ2) is 8.85. The first-order valence-corrected chi connectivity index (χ1v) is 11.7. The molecule has 2 amide bonds. The van der Waals surface area contributed by atoms with E-state index in [1.165, 1.54) is 0 Å². The van der Waals surface area contributed by atoms with Gasteiger partial charge in [-0.05, 0) is 58.1 Å². The molecule has 3 heterocycles. The second-order valence-corrected chi connectivity index (χ2v) is 10.1. The van der Waals surface area contributed by atoms with Gasteiger partial charge in [0.05, 0.1) is 17.9 Å². The highest BCUT2D eigenvalue weighted by molar-refractivity contribution is 6.01. The van der Waals surface area contributed by atoms with Gasteiger partial charge in [0.15, 0.2) is 5.78 Å². The number of Topliss-reactive ketones (excluding diaryl/α,β-unsaturated/α-hetero) is 1. The van der Waals surface area contributed by atoms with Crippen molar-refractivity contribution < 1.29 is 19.1 Å². The van der Waals surface area contributed by atoms with Crippen LogP contribution in [0.1, 0.15) is 53.6 Å². The zero-order chi connectivity index (χ0) is 23.0. The first-order chi connectivity index (χ1) is 15.2. The molecule has 174 valence electrons. The number of ether oxygens (including phenoxy) is 1. The molecule has 2 saturated heterocycles. The Morgan fingerprint density at radius 1 is 1.19 bits per heavy atom. The van der Waals surface area contributed by atoms with Gasteiger partial charge in [-0.25, -0.2) is 0 Å². The molecule has 0 bridgehead atoms. The molecule has 0 saturated carbocycles. The Labute approximate surface area is 190 Å². The number of piperidine rings is 1. The number of fused-ring (bicyclic) bond motifs is 1. The standard InChI is InChI=1S/C25H35N3O4/c1-17-12-18(2)23-20(13-17)21(29)15-25(32-23)6-10-27(11-7-25)24(31)19-14-22(30)28(16-19)9-5-8-26(3)4/h12-13,19H,5-11,14-16H2,1-4H3. The average molecular weight is 442 g/mol. The van der Waals surface area contributed by atoms with Gasteiger partial charge in [-0.1, -0.05) is 6.07 Å². The number of ketones is 1. The zero-order valence-electron chi connectivity index (χ0n) is 19.8. The summed E-state index contributed by atoms with van der Waals surface area (Å²) in [4.78, 5) is 44.2. The van der Waals surface area contributed by atoms with Crippen LogP contribution in [0.2, 0.25) is 0 Å². The summed E-state index contributed by atoms with van der Waals surface area (Å²) < 4.78 is 6.44. The van der Waals surface area contributed by atoms with E-state index in [-0.39, 0.29) is 23.5 Å². The van der Waals surface area contributed by atoms with Gasteiger partial charge in [-0.3, -0.25) is 14.4 Å².